The molecule has 7 rings (SSSR count). The summed E-state index contributed by atoms with van der Waals surface area (Å²) in [5.74, 6) is 1.46. The number of anilines is 1. The van der Waals surface area contributed by atoms with E-state index in [4.69, 9.17) is 9.97 Å². The third-order valence-electron chi connectivity index (χ3n) is 8.27. The summed E-state index contributed by atoms with van der Waals surface area (Å²) in [6.45, 7) is 4.34. The maximum atomic E-state index is 14.7. The van der Waals surface area contributed by atoms with Crippen molar-refractivity contribution < 1.29 is 9.18 Å². The molecule has 5 heterocycles. The van der Waals surface area contributed by atoms with Gasteiger partial charge in [0.2, 0.25) is 5.65 Å². The number of nitrogens with one attached hydrogen (secondary N) is 2. The molecule has 2 fully saturated rings. The van der Waals surface area contributed by atoms with Gasteiger partial charge in [-0.1, -0.05) is 25.1 Å². The first-order chi connectivity index (χ1) is 17.1. The standard InChI is InChI=1S/C26H24FN7O/c1-2-26(17-5-3-4-6-19(17)27)16-7-8-34(13-18(16)26)20-12-29-23-21(32-33-24(23)31-20)14-9-15-11-30-25(35)22(15)28-10-14/h3-6,9-10,12,16,18H,2,7-8,11,13H2,1H3,(H,30,35)(H,31,32,33)/t16-,18+,26-/m1/s1. The van der Waals surface area contributed by atoms with E-state index in [9.17, 15) is 9.18 Å². The predicted molar refractivity (Wildman–Crippen MR) is 128 cm³/mol. The van der Waals surface area contributed by atoms with Crippen LogP contribution in [0, 0.1) is 17.7 Å². The summed E-state index contributed by atoms with van der Waals surface area (Å²) in [5, 5.41) is 10.2. The summed E-state index contributed by atoms with van der Waals surface area (Å²) >= 11 is 0. The minimum atomic E-state index is -0.146. The van der Waals surface area contributed by atoms with Crippen LogP contribution in [-0.2, 0) is 12.0 Å². The lowest BCUT2D eigenvalue weighted by Crippen LogP contribution is -2.32. The molecule has 0 unspecified atom stereocenters. The van der Waals surface area contributed by atoms with E-state index in [-0.39, 0.29) is 17.1 Å². The Morgan fingerprint density at radius 1 is 1.20 bits per heavy atom. The van der Waals surface area contributed by atoms with Crippen LogP contribution in [0.15, 0.2) is 42.7 Å². The average Bonchev–Trinajstić information content (AvgIpc) is 3.13. The smallest absolute Gasteiger partial charge is 0.270 e. The Morgan fingerprint density at radius 2 is 2.09 bits per heavy atom. The maximum absolute atomic E-state index is 14.7. The minimum absolute atomic E-state index is 0.0893. The van der Waals surface area contributed by atoms with Crippen molar-refractivity contribution in [1.29, 1.82) is 0 Å². The van der Waals surface area contributed by atoms with Gasteiger partial charge in [-0.25, -0.2) is 14.4 Å². The number of aromatic nitrogens is 5. The Bertz CT molecular complexity index is 1500. The van der Waals surface area contributed by atoms with Crippen molar-refractivity contribution >= 4 is 22.9 Å². The lowest BCUT2D eigenvalue weighted by Gasteiger charge is -2.26. The van der Waals surface area contributed by atoms with E-state index < -0.39 is 0 Å². The molecule has 176 valence electrons. The van der Waals surface area contributed by atoms with E-state index in [0.717, 1.165) is 54.1 Å². The summed E-state index contributed by atoms with van der Waals surface area (Å²) in [7, 11) is 0. The topological polar surface area (TPSA) is 99.7 Å². The monoisotopic (exact) mass is 469 g/mol. The third kappa shape index (κ3) is 2.87. The summed E-state index contributed by atoms with van der Waals surface area (Å²) in [6, 6.07) is 9.18. The van der Waals surface area contributed by atoms with Gasteiger partial charge in [0.05, 0.1) is 11.9 Å². The van der Waals surface area contributed by atoms with Crippen LogP contribution in [0.2, 0.25) is 0 Å². The molecule has 1 aromatic carbocycles. The Kier molecular flexibility index (Phi) is 4.28. The second-order valence-electron chi connectivity index (χ2n) is 9.73. The normalized spacial score (nSPS) is 24.9. The molecule has 1 saturated carbocycles. The van der Waals surface area contributed by atoms with E-state index in [1.54, 1.807) is 24.5 Å². The van der Waals surface area contributed by atoms with Crippen molar-refractivity contribution in [1.82, 2.24) is 30.5 Å². The number of amides is 1. The number of hydrogen-bond acceptors (Lipinski definition) is 6. The molecule has 2 N–H and O–H groups in total. The number of rotatable bonds is 4. The Morgan fingerprint density at radius 3 is 2.94 bits per heavy atom. The number of carbonyl (C=O) groups is 1. The van der Waals surface area contributed by atoms with Gasteiger partial charge in [0.1, 0.15) is 22.8 Å². The first-order valence-electron chi connectivity index (χ1n) is 12.1. The number of pyridine rings is 1. The van der Waals surface area contributed by atoms with Crippen LogP contribution >= 0.6 is 0 Å². The van der Waals surface area contributed by atoms with Crippen LogP contribution in [0.25, 0.3) is 22.4 Å². The fourth-order valence-corrected chi connectivity index (χ4v) is 6.52. The van der Waals surface area contributed by atoms with Crippen molar-refractivity contribution in [2.75, 3.05) is 18.0 Å². The zero-order valence-electron chi connectivity index (χ0n) is 19.3. The Hall–Kier alpha value is -3.88. The van der Waals surface area contributed by atoms with Gasteiger partial charge in [-0.2, -0.15) is 5.10 Å². The van der Waals surface area contributed by atoms with Crippen molar-refractivity contribution in [2.45, 2.75) is 31.7 Å². The molecule has 9 heteroatoms. The largest absolute Gasteiger partial charge is 0.355 e. The Balaban J connectivity index is 1.17. The molecule has 3 aromatic heterocycles. The van der Waals surface area contributed by atoms with Crippen LogP contribution < -0.4 is 10.2 Å². The zero-order valence-corrected chi connectivity index (χ0v) is 19.3. The molecule has 4 aromatic rings. The number of nitrogens with zero attached hydrogens (tertiary/aromatic N) is 5. The SMILES string of the molecule is CC[C@]1(c2ccccc2F)[C@@H]2CCN(c3cnc4c(-c5cnc6c(c5)CNC6=O)[nH]nc4n3)C[C@@H]21. The van der Waals surface area contributed by atoms with Gasteiger partial charge in [-0.3, -0.25) is 14.9 Å². The molecule has 0 spiro atoms. The summed E-state index contributed by atoms with van der Waals surface area (Å²) in [4.78, 5) is 27.9. The van der Waals surface area contributed by atoms with Crippen LogP contribution in [-0.4, -0.2) is 44.1 Å². The predicted octanol–water partition coefficient (Wildman–Crippen LogP) is 3.60. The van der Waals surface area contributed by atoms with Crippen molar-refractivity contribution in [3.63, 3.8) is 0 Å². The van der Waals surface area contributed by atoms with Gasteiger partial charge >= 0.3 is 0 Å². The quantitative estimate of drug-likeness (QED) is 0.474. The van der Waals surface area contributed by atoms with E-state index in [2.05, 4.69) is 32.3 Å². The summed E-state index contributed by atoms with van der Waals surface area (Å²) in [5.41, 5.74) is 4.87. The van der Waals surface area contributed by atoms with Crippen molar-refractivity contribution in [2.24, 2.45) is 11.8 Å². The number of H-pyrrole nitrogens is 1. The van der Waals surface area contributed by atoms with E-state index in [1.807, 2.05) is 18.2 Å². The fraction of sp³-hybridized carbons (Fsp3) is 0.346. The van der Waals surface area contributed by atoms with Crippen LogP contribution in [0.4, 0.5) is 10.2 Å². The summed E-state index contributed by atoms with van der Waals surface area (Å²) in [6.07, 6.45) is 5.40. The average molecular weight is 470 g/mol. The molecule has 3 aliphatic rings. The van der Waals surface area contributed by atoms with E-state index in [1.165, 1.54) is 0 Å². The van der Waals surface area contributed by atoms with Crippen LogP contribution in [0.5, 0.6) is 0 Å². The maximum Gasteiger partial charge on any atom is 0.270 e. The highest BCUT2D eigenvalue weighted by molar-refractivity contribution is 5.97. The molecule has 3 atom stereocenters. The first-order valence-corrected chi connectivity index (χ1v) is 12.1. The lowest BCUT2D eigenvalue weighted by atomic mass is 9.88. The van der Waals surface area contributed by atoms with Gasteiger partial charge in [-0.15, -0.1) is 0 Å². The molecule has 2 aliphatic heterocycles. The molecular weight excluding hydrogens is 445 g/mol. The number of benzene rings is 1. The fourth-order valence-electron chi connectivity index (χ4n) is 6.52. The van der Waals surface area contributed by atoms with Crippen LogP contribution in [0.3, 0.4) is 0 Å². The van der Waals surface area contributed by atoms with Gasteiger partial charge < -0.3 is 10.2 Å². The highest BCUT2D eigenvalue weighted by atomic mass is 19.1. The van der Waals surface area contributed by atoms with E-state index in [0.29, 0.717) is 35.2 Å². The zero-order chi connectivity index (χ0) is 23.7. The molecule has 0 bridgehead atoms. The molecule has 1 amide bonds. The van der Waals surface area contributed by atoms with Gasteiger partial charge in [0, 0.05) is 42.4 Å². The number of carbonyl (C=O) groups excluding carboxylic acids is 1. The van der Waals surface area contributed by atoms with Crippen LogP contribution in [0.1, 0.15) is 41.4 Å². The molecule has 1 saturated heterocycles. The van der Waals surface area contributed by atoms with Crippen molar-refractivity contribution in [3.05, 3.63) is 65.4 Å². The molecule has 8 nitrogen and oxygen atoms in total. The highest BCUT2D eigenvalue weighted by Gasteiger charge is 2.65. The number of aromatic amines is 1. The number of halogens is 1. The highest BCUT2D eigenvalue weighted by Crippen LogP contribution is 2.65. The van der Waals surface area contributed by atoms with Gasteiger partial charge in [0.15, 0.2) is 0 Å². The minimum Gasteiger partial charge on any atom is -0.355 e. The second-order valence-corrected chi connectivity index (χ2v) is 9.73. The summed E-state index contributed by atoms with van der Waals surface area (Å²) < 4.78 is 14.7. The Labute approximate surface area is 201 Å². The molecular formula is C26H24FN7O. The second kappa shape index (κ2) is 7.31. The van der Waals surface area contributed by atoms with Crippen molar-refractivity contribution in [3.8, 4) is 11.3 Å². The first kappa shape index (κ1) is 20.5. The third-order valence-corrected chi connectivity index (χ3v) is 8.27. The lowest BCUT2D eigenvalue weighted by molar-refractivity contribution is 0.0961. The molecule has 1 aliphatic carbocycles. The van der Waals surface area contributed by atoms with Gasteiger partial charge in [-0.05, 0) is 42.4 Å². The number of hydrogen-bond donors (Lipinski definition) is 2. The molecule has 35 heavy (non-hydrogen) atoms. The molecule has 0 radical (unpaired) electrons. The van der Waals surface area contributed by atoms with E-state index >= 15 is 0 Å². The number of piperidine rings is 1. The van der Waals surface area contributed by atoms with Gasteiger partial charge in [0.25, 0.3) is 5.91 Å². The number of fused-ring (bicyclic) bond motifs is 3.